The molecule has 0 unspecified atom stereocenters. The summed E-state index contributed by atoms with van der Waals surface area (Å²) in [5.74, 6) is -0.854. The number of nitrogens with zero attached hydrogens (tertiary/aromatic N) is 2. The number of fused-ring (bicyclic) bond motifs is 1. The molecular formula is C23H25N3O5. The Labute approximate surface area is 179 Å². The molecule has 2 heterocycles. The van der Waals surface area contributed by atoms with Gasteiger partial charge in [-0.3, -0.25) is 9.20 Å². The smallest absolute Gasteiger partial charge is 0.408 e. The molecule has 1 N–H and O–H groups in total. The lowest BCUT2D eigenvalue weighted by molar-refractivity contribution is -0.148. The normalized spacial score (nSPS) is 11.9. The molecule has 0 saturated heterocycles. The Morgan fingerprint density at radius 2 is 1.77 bits per heavy atom. The fourth-order valence-corrected chi connectivity index (χ4v) is 3.06. The topological polar surface area (TPSA) is 99.0 Å². The van der Waals surface area contributed by atoms with Gasteiger partial charge in [0.1, 0.15) is 24.9 Å². The van der Waals surface area contributed by atoms with Crippen LogP contribution in [-0.4, -0.2) is 27.5 Å². The molecule has 0 radical (unpaired) electrons. The van der Waals surface area contributed by atoms with E-state index in [1.807, 2.05) is 43.3 Å². The Morgan fingerprint density at radius 3 is 2.48 bits per heavy atom. The van der Waals surface area contributed by atoms with Crippen LogP contribution in [0.25, 0.3) is 5.65 Å². The average Bonchev–Trinajstić information content (AvgIpc) is 2.74. The van der Waals surface area contributed by atoms with E-state index in [2.05, 4.69) is 10.3 Å². The fourth-order valence-electron chi connectivity index (χ4n) is 3.06. The first kappa shape index (κ1) is 22.0. The molecule has 0 spiro atoms. The fraction of sp³-hybridized carbons (Fsp3) is 0.304. The number of amides is 1. The summed E-state index contributed by atoms with van der Waals surface area (Å²) in [4.78, 5) is 41.4. The number of carbonyl (C=O) groups excluding carboxylic acids is 2. The van der Waals surface area contributed by atoms with E-state index in [1.54, 1.807) is 26.0 Å². The van der Waals surface area contributed by atoms with Crippen LogP contribution in [0.4, 0.5) is 4.79 Å². The van der Waals surface area contributed by atoms with Gasteiger partial charge >= 0.3 is 12.1 Å². The largest absolute Gasteiger partial charge is 0.458 e. The summed E-state index contributed by atoms with van der Waals surface area (Å²) in [5.41, 5.74) is 2.15. The third-order valence-electron chi connectivity index (χ3n) is 4.70. The molecule has 8 nitrogen and oxygen atoms in total. The summed E-state index contributed by atoms with van der Waals surface area (Å²) >= 11 is 0. The van der Waals surface area contributed by atoms with E-state index >= 15 is 0 Å². The van der Waals surface area contributed by atoms with Crippen molar-refractivity contribution in [2.24, 2.45) is 5.92 Å². The van der Waals surface area contributed by atoms with Crippen LogP contribution in [0, 0.1) is 12.8 Å². The molecule has 0 aliphatic carbocycles. The molecule has 0 bridgehead atoms. The van der Waals surface area contributed by atoms with Crippen LogP contribution in [0.2, 0.25) is 0 Å². The minimum atomic E-state index is -0.896. The van der Waals surface area contributed by atoms with Crippen molar-refractivity contribution in [3.8, 4) is 0 Å². The minimum Gasteiger partial charge on any atom is -0.458 e. The highest BCUT2D eigenvalue weighted by Crippen LogP contribution is 2.09. The van der Waals surface area contributed by atoms with E-state index in [-0.39, 0.29) is 24.7 Å². The van der Waals surface area contributed by atoms with Crippen LogP contribution >= 0.6 is 0 Å². The molecule has 3 rings (SSSR count). The number of aromatic nitrogens is 2. The van der Waals surface area contributed by atoms with Gasteiger partial charge < -0.3 is 14.8 Å². The van der Waals surface area contributed by atoms with E-state index in [0.717, 1.165) is 11.3 Å². The van der Waals surface area contributed by atoms with Crippen molar-refractivity contribution in [3.05, 3.63) is 81.9 Å². The summed E-state index contributed by atoms with van der Waals surface area (Å²) < 4.78 is 12.0. The summed E-state index contributed by atoms with van der Waals surface area (Å²) in [5, 5.41) is 2.55. The van der Waals surface area contributed by atoms with Gasteiger partial charge in [0.05, 0.1) is 5.69 Å². The van der Waals surface area contributed by atoms with Gasteiger partial charge in [0.2, 0.25) is 0 Å². The van der Waals surface area contributed by atoms with Crippen LogP contribution in [-0.2, 0) is 27.5 Å². The minimum absolute atomic E-state index is 0.0942. The van der Waals surface area contributed by atoms with E-state index < -0.39 is 18.1 Å². The SMILES string of the molecule is Cc1cccc2nc(COC(=O)[C@@H](NC(=O)OCc3ccccc3)C(C)C)cc(=O)n12. The highest BCUT2D eigenvalue weighted by molar-refractivity contribution is 5.81. The number of rotatable bonds is 7. The molecule has 3 aromatic rings. The van der Waals surface area contributed by atoms with E-state index in [0.29, 0.717) is 11.3 Å². The molecule has 0 fully saturated rings. The Bertz CT molecular complexity index is 1130. The van der Waals surface area contributed by atoms with Gasteiger partial charge in [-0.15, -0.1) is 0 Å². The first-order chi connectivity index (χ1) is 14.8. The Morgan fingerprint density at radius 1 is 1.03 bits per heavy atom. The van der Waals surface area contributed by atoms with Gasteiger partial charge in [0.15, 0.2) is 0 Å². The number of nitrogens with one attached hydrogen (secondary N) is 1. The Balaban J connectivity index is 1.61. The monoisotopic (exact) mass is 423 g/mol. The molecule has 2 aromatic heterocycles. The Kier molecular flexibility index (Phi) is 7.02. The molecule has 1 atom stereocenters. The molecule has 31 heavy (non-hydrogen) atoms. The van der Waals surface area contributed by atoms with Gasteiger partial charge in [-0.2, -0.15) is 0 Å². The van der Waals surface area contributed by atoms with Crippen molar-refractivity contribution in [1.29, 1.82) is 0 Å². The maximum absolute atomic E-state index is 12.6. The molecule has 8 heteroatoms. The number of hydrogen-bond donors (Lipinski definition) is 1. The van der Waals surface area contributed by atoms with Gasteiger partial charge in [-0.1, -0.05) is 50.2 Å². The summed E-state index contributed by atoms with van der Waals surface area (Å²) in [7, 11) is 0. The van der Waals surface area contributed by atoms with Crippen molar-refractivity contribution in [2.75, 3.05) is 0 Å². The second-order valence-electron chi connectivity index (χ2n) is 7.48. The molecule has 0 aliphatic heterocycles. The summed E-state index contributed by atoms with van der Waals surface area (Å²) in [6.07, 6.45) is -0.711. The van der Waals surface area contributed by atoms with Crippen LogP contribution in [0.3, 0.4) is 0 Å². The highest BCUT2D eigenvalue weighted by Gasteiger charge is 2.26. The molecule has 0 aliphatic rings. The van der Waals surface area contributed by atoms with E-state index in [9.17, 15) is 14.4 Å². The lowest BCUT2D eigenvalue weighted by Crippen LogP contribution is -2.45. The Hall–Kier alpha value is -3.68. The standard InChI is InChI=1S/C23H25N3O5/c1-15(2)21(25-23(29)31-13-17-9-5-4-6-10-17)22(28)30-14-18-12-20(27)26-16(3)8-7-11-19(26)24-18/h4-12,15,21H,13-14H2,1-3H3,(H,25,29)/t21-/m0/s1. The number of aryl methyl sites for hydroxylation is 1. The number of esters is 1. The number of hydrogen-bond acceptors (Lipinski definition) is 6. The summed E-state index contributed by atoms with van der Waals surface area (Å²) in [6, 6.07) is 15.0. The summed E-state index contributed by atoms with van der Waals surface area (Å²) in [6.45, 7) is 5.30. The molecule has 162 valence electrons. The number of alkyl carbamates (subject to hydrolysis) is 1. The zero-order valence-electron chi connectivity index (χ0n) is 17.7. The third kappa shape index (κ3) is 5.69. The van der Waals surface area contributed by atoms with Crippen molar-refractivity contribution < 1.29 is 19.1 Å². The van der Waals surface area contributed by atoms with Crippen LogP contribution in [0.15, 0.2) is 59.4 Å². The van der Waals surface area contributed by atoms with Gasteiger partial charge in [-0.25, -0.2) is 14.6 Å². The number of ether oxygens (including phenoxy) is 2. The van der Waals surface area contributed by atoms with E-state index in [4.69, 9.17) is 9.47 Å². The molecule has 1 aromatic carbocycles. The average molecular weight is 423 g/mol. The van der Waals surface area contributed by atoms with E-state index in [1.165, 1.54) is 10.5 Å². The number of carbonyl (C=O) groups is 2. The zero-order valence-corrected chi connectivity index (χ0v) is 17.7. The predicted octanol–water partition coefficient (Wildman–Crippen LogP) is 3.00. The van der Waals surface area contributed by atoms with Crippen molar-refractivity contribution in [2.45, 2.75) is 40.0 Å². The second-order valence-corrected chi connectivity index (χ2v) is 7.48. The predicted molar refractivity (Wildman–Crippen MR) is 114 cm³/mol. The maximum atomic E-state index is 12.6. The third-order valence-corrected chi connectivity index (χ3v) is 4.70. The first-order valence-corrected chi connectivity index (χ1v) is 9.97. The van der Waals surface area contributed by atoms with Crippen molar-refractivity contribution in [3.63, 3.8) is 0 Å². The zero-order chi connectivity index (χ0) is 22.4. The first-order valence-electron chi connectivity index (χ1n) is 9.97. The van der Waals surface area contributed by atoms with Crippen LogP contribution in [0.5, 0.6) is 0 Å². The molecular weight excluding hydrogens is 398 g/mol. The van der Waals surface area contributed by atoms with Crippen LogP contribution in [0.1, 0.15) is 30.8 Å². The highest BCUT2D eigenvalue weighted by atomic mass is 16.6. The van der Waals surface area contributed by atoms with Crippen molar-refractivity contribution >= 4 is 17.7 Å². The van der Waals surface area contributed by atoms with Gasteiger partial charge in [0, 0.05) is 11.8 Å². The maximum Gasteiger partial charge on any atom is 0.408 e. The molecule has 1 amide bonds. The number of pyridine rings is 1. The lowest BCUT2D eigenvalue weighted by Gasteiger charge is -2.20. The number of benzene rings is 1. The van der Waals surface area contributed by atoms with Gasteiger partial charge in [0.25, 0.3) is 5.56 Å². The molecule has 0 saturated carbocycles. The van der Waals surface area contributed by atoms with Crippen molar-refractivity contribution in [1.82, 2.24) is 14.7 Å². The quantitative estimate of drug-likeness (QED) is 0.587. The second kappa shape index (κ2) is 9.88. The lowest BCUT2D eigenvalue weighted by atomic mass is 10.1. The van der Waals surface area contributed by atoms with Crippen LogP contribution < -0.4 is 10.9 Å². The van der Waals surface area contributed by atoms with Gasteiger partial charge in [-0.05, 0) is 30.5 Å².